The minimum Gasteiger partial charge on any atom is -0.457 e. The summed E-state index contributed by atoms with van der Waals surface area (Å²) in [6.45, 7) is 1.54. The van der Waals surface area contributed by atoms with E-state index in [1.165, 1.54) is 21.1 Å². The molecule has 0 bridgehead atoms. The summed E-state index contributed by atoms with van der Waals surface area (Å²) >= 11 is 0. The Morgan fingerprint density at radius 1 is 1.11 bits per heavy atom. The van der Waals surface area contributed by atoms with Crippen molar-refractivity contribution < 1.29 is 33.2 Å². The van der Waals surface area contributed by atoms with Gasteiger partial charge in [-0.05, 0) is 0 Å². The van der Waals surface area contributed by atoms with Gasteiger partial charge in [-0.25, -0.2) is 0 Å². The molecule has 5 unspecified atom stereocenters. The van der Waals surface area contributed by atoms with Crippen LogP contribution in [-0.4, -0.2) is 71.7 Å². The molecule has 1 aliphatic rings. The van der Waals surface area contributed by atoms with Crippen LogP contribution in [0.25, 0.3) is 0 Å². The van der Waals surface area contributed by atoms with Crippen molar-refractivity contribution in [3.8, 4) is 0 Å². The lowest BCUT2D eigenvalue weighted by atomic mass is 10.1. The Balaban J connectivity index is 2.84. The van der Waals surface area contributed by atoms with E-state index in [4.69, 9.17) is 28.4 Å². The van der Waals surface area contributed by atoms with Crippen LogP contribution in [0.15, 0.2) is 0 Å². The van der Waals surface area contributed by atoms with Gasteiger partial charge in [-0.2, -0.15) is 0 Å². The van der Waals surface area contributed by atoms with Gasteiger partial charge in [0.25, 0.3) is 0 Å². The molecule has 0 aromatic rings. The van der Waals surface area contributed by atoms with Crippen LogP contribution in [0.1, 0.15) is 6.92 Å². The van der Waals surface area contributed by atoms with Crippen LogP contribution in [0.2, 0.25) is 0 Å². The van der Waals surface area contributed by atoms with Crippen molar-refractivity contribution in [3.05, 3.63) is 0 Å². The highest BCUT2D eigenvalue weighted by molar-refractivity contribution is 5.66. The van der Waals surface area contributed by atoms with Gasteiger partial charge in [0.05, 0.1) is 6.61 Å². The van der Waals surface area contributed by atoms with Crippen LogP contribution in [-0.2, 0) is 33.2 Å². The van der Waals surface area contributed by atoms with E-state index in [1.54, 1.807) is 14.2 Å². The number of hydrogen-bond donors (Lipinski definition) is 0. The van der Waals surface area contributed by atoms with E-state index < -0.39 is 36.7 Å². The van der Waals surface area contributed by atoms with Crippen molar-refractivity contribution in [3.63, 3.8) is 0 Å². The fourth-order valence-corrected chi connectivity index (χ4v) is 2.23. The van der Waals surface area contributed by atoms with Gasteiger partial charge in [-0.3, -0.25) is 4.79 Å². The van der Waals surface area contributed by atoms with E-state index in [-0.39, 0.29) is 6.61 Å². The first-order valence-electron chi connectivity index (χ1n) is 5.99. The predicted octanol–water partition coefficient (Wildman–Crippen LogP) is -0.0342. The predicted molar refractivity (Wildman–Crippen MR) is 64.7 cm³/mol. The standard InChI is InChI=1S/C12H22O7/c1-7(13)18-8(6-14-2)9-10(15-3)11(16-4)12(17-5)19-9/h8-12H,6H2,1-5H3. The Kier molecular flexibility index (Phi) is 6.67. The second-order valence-electron chi connectivity index (χ2n) is 4.21. The van der Waals surface area contributed by atoms with Crippen LogP contribution in [0.4, 0.5) is 0 Å². The summed E-state index contributed by atoms with van der Waals surface area (Å²) in [5, 5.41) is 0. The average Bonchev–Trinajstić information content (AvgIpc) is 2.75. The molecular formula is C12H22O7. The Hall–Kier alpha value is -0.730. The third-order valence-electron chi connectivity index (χ3n) is 3.00. The molecule has 1 heterocycles. The molecule has 19 heavy (non-hydrogen) atoms. The molecule has 1 fully saturated rings. The van der Waals surface area contributed by atoms with Crippen LogP contribution >= 0.6 is 0 Å². The first kappa shape index (κ1) is 16.3. The summed E-state index contributed by atoms with van der Waals surface area (Å²) in [6, 6.07) is 0. The van der Waals surface area contributed by atoms with E-state index in [9.17, 15) is 4.79 Å². The zero-order valence-corrected chi connectivity index (χ0v) is 12.0. The van der Waals surface area contributed by atoms with E-state index >= 15 is 0 Å². The highest BCUT2D eigenvalue weighted by atomic mass is 16.7. The van der Waals surface area contributed by atoms with Gasteiger partial charge >= 0.3 is 5.97 Å². The largest absolute Gasteiger partial charge is 0.457 e. The summed E-state index contributed by atoms with van der Waals surface area (Å²) in [5.41, 5.74) is 0. The maximum absolute atomic E-state index is 11.1. The maximum atomic E-state index is 11.1. The molecule has 1 rings (SSSR count). The molecule has 1 aliphatic heterocycles. The molecule has 1 saturated heterocycles. The zero-order valence-electron chi connectivity index (χ0n) is 12.0. The number of hydrogen-bond acceptors (Lipinski definition) is 7. The minimum absolute atomic E-state index is 0.205. The zero-order chi connectivity index (χ0) is 14.4. The number of rotatable bonds is 7. The summed E-state index contributed by atoms with van der Waals surface area (Å²) in [4.78, 5) is 11.1. The smallest absolute Gasteiger partial charge is 0.303 e. The van der Waals surface area contributed by atoms with Gasteiger partial charge in [0.15, 0.2) is 12.4 Å². The van der Waals surface area contributed by atoms with E-state index in [0.29, 0.717) is 0 Å². The van der Waals surface area contributed by atoms with E-state index in [0.717, 1.165) is 0 Å². The normalized spacial score (nSPS) is 32.3. The monoisotopic (exact) mass is 278 g/mol. The van der Waals surface area contributed by atoms with Crippen molar-refractivity contribution in [2.75, 3.05) is 35.0 Å². The number of carbonyl (C=O) groups is 1. The lowest BCUT2D eigenvalue weighted by Crippen LogP contribution is -2.44. The summed E-state index contributed by atoms with van der Waals surface area (Å²) in [7, 11) is 6.13. The minimum atomic E-state index is -0.578. The molecule has 0 radical (unpaired) electrons. The third-order valence-corrected chi connectivity index (χ3v) is 3.00. The second kappa shape index (κ2) is 7.76. The SMILES string of the molecule is COCC(OC(C)=O)C1OC(OC)C(OC)C1OC. The Labute approximate surface area is 113 Å². The van der Waals surface area contributed by atoms with Crippen LogP contribution < -0.4 is 0 Å². The first-order chi connectivity index (χ1) is 9.08. The van der Waals surface area contributed by atoms with Gasteiger partial charge in [0.1, 0.15) is 18.3 Å². The fourth-order valence-electron chi connectivity index (χ4n) is 2.23. The molecule has 7 heteroatoms. The highest BCUT2D eigenvalue weighted by Gasteiger charge is 2.50. The van der Waals surface area contributed by atoms with Crippen molar-refractivity contribution >= 4 is 5.97 Å². The summed E-state index contributed by atoms with van der Waals surface area (Å²) in [6.07, 6.45) is -2.46. The fraction of sp³-hybridized carbons (Fsp3) is 0.917. The molecular weight excluding hydrogens is 256 g/mol. The van der Waals surface area contributed by atoms with Crippen molar-refractivity contribution in [2.24, 2.45) is 0 Å². The van der Waals surface area contributed by atoms with Gasteiger partial charge in [0.2, 0.25) is 0 Å². The van der Waals surface area contributed by atoms with Gasteiger partial charge < -0.3 is 28.4 Å². The third kappa shape index (κ3) is 3.87. The van der Waals surface area contributed by atoms with Crippen LogP contribution in [0.3, 0.4) is 0 Å². The summed E-state index contributed by atoms with van der Waals surface area (Å²) < 4.78 is 31.9. The van der Waals surface area contributed by atoms with Crippen LogP contribution in [0.5, 0.6) is 0 Å². The molecule has 0 aromatic carbocycles. The lowest BCUT2D eigenvalue weighted by molar-refractivity contribution is -0.185. The molecule has 7 nitrogen and oxygen atoms in total. The number of ether oxygens (including phenoxy) is 6. The highest BCUT2D eigenvalue weighted by Crippen LogP contribution is 2.29. The molecule has 112 valence electrons. The Morgan fingerprint density at radius 3 is 2.16 bits per heavy atom. The average molecular weight is 278 g/mol. The number of carbonyl (C=O) groups excluding carboxylic acids is 1. The quantitative estimate of drug-likeness (QED) is 0.605. The van der Waals surface area contributed by atoms with Crippen molar-refractivity contribution in [1.29, 1.82) is 0 Å². The van der Waals surface area contributed by atoms with Crippen molar-refractivity contribution in [1.82, 2.24) is 0 Å². The van der Waals surface area contributed by atoms with E-state index in [1.807, 2.05) is 0 Å². The number of esters is 1. The first-order valence-corrected chi connectivity index (χ1v) is 5.99. The maximum Gasteiger partial charge on any atom is 0.303 e. The number of methoxy groups -OCH3 is 4. The molecule has 0 aromatic heterocycles. The molecule has 0 N–H and O–H groups in total. The topological polar surface area (TPSA) is 72.5 Å². The van der Waals surface area contributed by atoms with Gasteiger partial charge in [-0.1, -0.05) is 0 Å². The van der Waals surface area contributed by atoms with Gasteiger partial charge in [-0.15, -0.1) is 0 Å². The van der Waals surface area contributed by atoms with Crippen molar-refractivity contribution in [2.45, 2.75) is 37.6 Å². The molecule has 0 aliphatic carbocycles. The van der Waals surface area contributed by atoms with Gasteiger partial charge in [0, 0.05) is 35.4 Å². The molecule has 5 atom stereocenters. The second-order valence-corrected chi connectivity index (χ2v) is 4.21. The lowest BCUT2D eigenvalue weighted by Gasteiger charge is -2.26. The van der Waals surface area contributed by atoms with E-state index in [2.05, 4.69) is 0 Å². The molecule has 0 saturated carbocycles. The Morgan fingerprint density at radius 2 is 1.74 bits per heavy atom. The summed E-state index contributed by atoms with van der Waals surface area (Å²) in [5.74, 6) is -0.407. The molecule has 0 spiro atoms. The van der Waals surface area contributed by atoms with Crippen LogP contribution in [0, 0.1) is 0 Å². The Bertz CT molecular complexity index is 283. The molecule has 0 amide bonds.